The molecule has 16 heteroatoms. The van der Waals surface area contributed by atoms with Crippen LogP contribution in [0.3, 0.4) is 0 Å². The second-order valence-electron chi connectivity index (χ2n) is 14.0. The number of nitrogens with zero attached hydrogens (tertiary/aromatic N) is 3. The van der Waals surface area contributed by atoms with Crippen LogP contribution in [0.15, 0.2) is 36.4 Å². The molecule has 4 heterocycles. The van der Waals surface area contributed by atoms with Crippen LogP contribution < -0.4 is 11.1 Å². The highest BCUT2D eigenvalue weighted by Crippen LogP contribution is 2.44. The number of halogens is 6. The molecular formula is C35H41F6N5O5. The van der Waals surface area contributed by atoms with E-state index >= 15 is 0 Å². The van der Waals surface area contributed by atoms with Gasteiger partial charge in [-0.25, -0.2) is 9.59 Å². The number of benzene rings is 2. The van der Waals surface area contributed by atoms with Crippen molar-refractivity contribution in [2.45, 2.75) is 69.0 Å². The number of nitrogens with two attached hydrogens (primary N) is 1. The molecule has 1 spiro atoms. The van der Waals surface area contributed by atoms with Gasteiger partial charge in [0.25, 0.3) is 5.91 Å². The fraction of sp³-hybridized carbons (Fsp3) is 0.571. The van der Waals surface area contributed by atoms with Crippen molar-refractivity contribution in [3.8, 4) is 0 Å². The van der Waals surface area contributed by atoms with Gasteiger partial charge in [0, 0.05) is 51.0 Å². The second kappa shape index (κ2) is 14.1. The van der Waals surface area contributed by atoms with E-state index in [1.807, 2.05) is 6.07 Å². The largest absolute Gasteiger partial charge is 0.438 e. The topological polar surface area (TPSA) is 117 Å². The van der Waals surface area contributed by atoms with Crippen molar-refractivity contribution in [1.29, 1.82) is 0 Å². The fourth-order valence-corrected chi connectivity index (χ4v) is 7.96. The van der Waals surface area contributed by atoms with E-state index in [1.165, 1.54) is 9.80 Å². The van der Waals surface area contributed by atoms with Crippen molar-refractivity contribution in [1.82, 2.24) is 14.7 Å². The van der Waals surface area contributed by atoms with Gasteiger partial charge in [-0.3, -0.25) is 10.1 Å². The highest BCUT2D eigenvalue weighted by molar-refractivity contribution is 5.89. The zero-order valence-electron chi connectivity index (χ0n) is 28.1. The summed E-state index contributed by atoms with van der Waals surface area (Å²) in [6.07, 6.45) is -10.7. The number of para-hydroxylation sites is 1. The average Bonchev–Trinajstić information content (AvgIpc) is 3.08. The zero-order chi connectivity index (χ0) is 36.7. The molecule has 10 nitrogen and oxygen atoms in total. The normalized spacial score (nSPS) is 21.1. The minimum absolute atomic E-state index is 0.0433. The summed E-state index contributed by atoms with van der Waals surface area (Å²) in [5.41, 5.74) is 0.272. The number of hydrogen-bond donors (Lipinski definition) is 2. The number of hydrogen-bond acceptors (Lipinski definition) is 7. The number of amides is 3. The number of ether oxygens (including phenoxy) is 2. The van der Waals surface area contributed by atoms with Gasteiger partial charge in [0.2, 0.25) is 0 Å². The van der Waals surface area contributed by atoms with Gasteiger partial charge in [0.1, 0.15) is 5.60 Å². The summed E-state index contributed by atoms with van der Waals surface area (Å²) in [6, 6.07) is 8.04. The van der Waals surface area contributed by atoms with Crippen molar-refractivity contribution in [3.05, 3.63) is 58.7 Å². The van der Waals surface area contributed by atoms with Gasteiger partial charge < -0.3 is 29.9 Å². The fourth-order valence-electron chi connectivity index (χ4n) is 7.96. The molecule has 0 aromatic heterocycles. The zero-order valence-corrected chi connectivity index (χ0v) is 28.1. The third-order valence-corrected chi connectivity index (χ3v) is 10.8. The van der Waals surface area contributed by atoms with Crippen LogP contribution in [0.4, 0.5) is 47.3 Å². The molecule has 6 rings (SSSR count). The van der Waals surface area contributed by atoms with Crippen molar-refractivity contribution < 1.29 is 50.2 Å². The minimum atomic E-state index is -5.22. The summed E-state index contributed by atoms with van der Waals surface area (Å²) in [6.45, 7) is 2.68. The third-order valence-electron chi connectivity index (χ3n) is 10.8. The molecule has 1 atom stereocenters. The van der Waals surface area contributed by atoms with Crippen LogP contribution >= 0.6 is 0 Å². The Morgan fingerprint density at radius 3 is 2.02 bits per heavy atom. The highest BCUT2D eigenvalue weighted by Gasteiger charge is 2.46. The molecule has 51 heavy (non-hydrogen) atoms. The number of nitrogen functional groups attached to an aromatic ring is 1. The van der Waals surface area contributed by atoms with E-state index < -0.39 is 70.9 Å². The number of nitrogens with one attached hydrogen (secondary N) is 1. The number of piperidine rings is 3. The standard InChI is InChI=1S/C35H41F6N5O5/c1-44-12-6-22(7-13-44)23-8-14-45(15-9-23)30(47)28(20-21-18-25(34(36,37)38)29(42)26(19-21)35(39,40)41)50-32(49)46-16-10-33(11-17-46)24-4-2-3-5-27(24)43-31(48)51-33/h2-5,18-19,22-23,28H,6-17,20,42H2,1H3,(H,43,48)/t28-/m1/s1. The first-order chi connectivity index (χ1) is 24.0. The van der Waals surface area contributed by atoms with Crippen molar-refractivity contribution >= 4 is 29.5 Å². The Morgan fingerprint density at radius 2 is 1.45 bits per heavy atom. The summed E-state index contributed by atoms with van der Waals surface area (Å²) in [5.74, 6) is 0.176. The van der Waals surface area contributed by atoms with E-state index in [2.05, 4.69) is 17.3 Å². The molecule has 4 aliphatic heterocycles. The van der Waals surface area contributed by atoms with Crippen LogP contribution in [0.1, 0.15) is 60.8 Å². The lowest BCUT2D eigenvalue weighted by molar-refractivity contribution is -0.143. The SMILES string of the molecule is CN1CCC(C2CCN(C(=O)[C@@H](Cc3cc(C(F)(F)F)c(N)c(C(F)(F)F)c3)OC(=O)N3CCC4(CC3)OC(=O)Nc3ccccc34)CC2)CC1. The molecule has 0 saturated carbocycles. The second-order valence-corrected chi connectivity index (χ2v) is 14.0. The Bertz CT molecular complexity index is 1590. The Kier molecular flexibility index (Phi) is 10.1. The molecule has 3 N–H and O–H groups in total. The maximum atomic E-state index is 14.0. The molecular weight excluding hydrogens is 684 g/mol. The molecule has 3 amide bonds. The van der Waals surface area contributed by atoms with E-state index in [9.17, 15) is 40.7 Å². The Balaban J connectivity index is 1.21. The van der Waals surface area contributed by atoms with Gasteiger partial charge in [0.05, 0.1) is 22.5 Å². The van der Waals surface area contributed by atoms with E-state index in [-0.39, 0.29) is 25.9 Å². The summed E-state index contributed by atoms with van der Waals surface area (Å²) in [4.78, 5) is 44.9. The lowest BCUT2D eigenvalue weighted by atomic mass is 9.79. The van der Waals surface area contributed by atoms with Gasteiger partial charge >= 0.3 is 24.5 Å². The molecule has 2 aromatic rings. The summed E-state index contributed by atoms with van der Waals surface area (Å²) >= 11 is 0. The van der Waals surface area contributed by atoms with Crippen molar-refractivity contribution in [3.63, 3.8) is 0 Å². The predicted octanol–water partition coefficient (Wildman–Crippen LogP) is 6.49. The molecule has 0 radical (unpaired) electrons. The summed E-state index contributed by atoms with van der Waals surface area (Å²) < 4.78 is 94.6. The number of fused-ring (bicyclic) bond motifs is 2. The molecule has 2 aromatic carbocycles. The molecule has 3 saturated heterocycles. The molecule has 0 bridgehead atoms. The van der Waals surface area contributed by atoms with E-state index in [0.717, 1.165) is 31.5 Å². The van der Waals surface area contributed by atoms with Gasteiger partial charge in [-0.2, -0.15) is 26.3 Å². The smallest absolute Gasteiger partial charge is 0.418 e. The van der Waals surface area contributed by atoms with Crippen LogP contribution in [0.5, 0.6) is 0 Å². The first-order valence-corrected chi connectivity index (χ1v) is 17.1. The molecule has 278 valence electrons. The van der Waals surface area contributed by atoms with Gasteiger partial charge in [-0.1, -0.05) is 18.2 Å². The lowest BCUT2D eigenvalue weighted by Gasteiger charge is -2.44. The van der Waals surface area contributed by atoms with E-state index in [4.69, 9.17) is 15.2 Å². The maximum Gasteiger partial charge on any atom is 0.418 e. The van der Waals surface area contributed by atoms with Crippen molar-refractivity contribution in [2.75, 3.05) is 57.4 Å². The molecule has 0 unspecified atom stereocenters. The first-order valence-electron chi connectivity index (χ1n) is 17.1. The number of carbonyl (C=O) groups excluding carboxylic acids is 3. The van der Waals surface area contributed by atoms with Crippen LogP contribution in [-0.2, 0) is 38.6 Å². The molecule has 0 aliphatic carbocycles. The number of likely N-dealkylation sites (tertiary alicyclic amines) is 3. The summed E-state index contributed by atoms with van der Waals surface area (Å²) in [7, 11) is 2.07. The monoisotopic (exact) mass is 725 g/mol. The number of anilines is 2. The Labute approximate surface area is 291 Å². The summed E-state index contributed by atoms with van der Waals surface area (Å²) in [5, 5.41) is 2.65. The maximum absolute atomic E-state index is 14.0. The minimum Gasteiger partial charge on any atom is -0.438 e. The Hall–Kier alpha value is -4.21. The van der Waals surface area contributed by atoms with Crippen LogP contribution in [0, 0.1) is 11.8 Å². The number of rotatable bonds is 5. The van der Waals surface area contributed by atoms with Crippen LogP contribution in [0.25, 0.3) is 0 Å². The Morgan fingerprint density at radius 1 is 0.902 bits per heavy atom. The lowest BCUT2D eigenvalue weighted by Crippen LogP contribution is -2.52. The van der Waals surface area contributed by atoms with E-state index in [0.29, 0.717) is 55.6 Å². The number of alkyl halides is 6. The number of carbonyl (C=O) groups is 3. The van der Waals surface area contributed by atoms with Gasteiger partial charge in [-0.05, 0) is 81.4 Å². The van der Waals surface area contributed by atoms with Crippen LogP contribution in [-0.4, -0.2) is 85.2 Å². The average molecular weight is 726 g/mol. The first kappa shape index (κ1) is 36.6. The van der Waals surface area contributed by atoms with Gasteiger partial charge in [-0.15, -0.1) is 0 Å². The van der Waals surface area contributed by atoms with Crippen LogP contribution in [0.2, 0.25) is 0 Å². The predicted molar refractivity (Wildman–Crippen MR) is 173 cm³/mol. The highest BCUT2D eigenvalue weighted by atomic mass is 19.4. The van der Waals surface area contributed by atoms with E-state index in [1.54, 1.807) is 18.2 Å². The molecule has 3 fully saturated rings. The third kappa shape index (κ3) is 7.85. The van der Waals surface area contributed by atoms with Gasteiger partial charge in [0.15, 0.2) is 6.10 Å². The quantitative estimate of drug-likeness (QED) is 0.268. The molecule has 4 aliphatic rings. The van der Waals surface area contributed by atoms with Crippen molar-refractivity contribution in [2.24, 2.45) is 11.8 Å².